The van der Waals surface area contributed by atoms with Crippen LogP contribution in [-0.4, -0.2) is 20.2 Å². The highest BCUT2D eigenvalue weighted by atomic mass is 35.5. The average molecular weight is 214 g/mol. The molecule has 0 atom stereocenters. The molecule has 0 aromatic carbocycles. The Hall–Kier alpha value is 0.200. The van der Waals surface area contributed by atoms with Gasteiger partial charge in [-0.3, -0.25) is 0 Å². The number of nitrogens with one attached hydrogen (secondary N) is 1. The molecule has 12 heavy (non-hydrogen) atoms. The molecule has 0 fully saturated rings. The van der Waals surface area contributed by atoms with Crippen molar-refractivity contribution in [3.63, 3.8) is 0 Å². The maximum atomic E-state index is 10.8. The zero-order valence-corrected chi connectivity index (χ0v) is 9.30. The molecule has 1 N–H and O–H groups in total. The summed E-state index contributed by atoms with van der Waals surface area (Å²) in [6, 6.07) is 0. The predicted molar refractivity (Wildman–Crippen MR) is 51.7 cm³/mol. The first-order valence-electron chi connectivity index (χ1n) is 3.80. The molecule has 0 saturated heterocycles. The lowest BCUT2D eigenvalue weighted by molar-refractivity contribution is 0.378. The number of halogens is 1. The summed E-state index contributed by atoms with van der Waals surface area (Å²) >= 11 is 5.19. The Morgan fingerprint density at radius 1 is 1.33 bits per heavy atom. The predicted octanol–water partition coefficient (Wildman–Crippen LogP) is 1.54. The summed E-state index contributed by atoms with van der Waals surface area (Å²) in [6.45, 7) is 6.63. The van der Waals surface area contributed by atoms with Crippen LogP contribution in [0.1, 0.15) is 27.2 Å². The molecular weight excluding hydrogens is 198 g/mol. The van der Waals surface area contributed by atoms with Crippen LogP contribution < -0.4 is 4.72 Å². The van der Waals surface area contributed by atoms with Gasteiger partial charge in [-0.25, -0.2) is 13.1 Å². The molecule has 0 rings (SSSR count). The second kappa shape index (κ2) is 4.44. The van der Waals surface area contributed by atoms with E-state index in [4.69, 9.17) is 11.6 Å². The highest BCUT2D eigenvalue weighted by Crippen LogP contribution is 2.17. The second-order valence-corrected chi connectivity index (χ2v) is 6.32. The van der Waals surface area contributed by atoms with Gasteiger partial charge in [0, 0.05) is 6.54 Å². The molecule has 0 aromatic heterocycles. The molecule has 0 aromatic rings. The maximum Gasteiger partial charge on any atom is 0.225 e. The third-order valence-electron chi connectivity index (χ3n) is 1.34. The minimum absolute atomic E-state index is 0.148. The highest BCUT2D eigenvalue weighted by molar-refractivity contribution is 7.90. The monoisotopic (exact) mass is 213 g/mol. The molecule has 0 aliphatic heterocycles. The fourth-order valence-corrected chi connectivity index (χ4v) is 1.34. The van der Waals surface area contributed by atoms with Gasteiger partial charge in [-0.05, 0) is 11.8 Å². The Bertz CT molecular complexity index is 218. The standard InChI is InChI=1S/C7H16ClNO2S/c1-7(2,3)4-5-9-12(10,11)6-8/h9H,4-6H2,1-3H3. The summed E-state index contributed by atoms with van der Waals surface area (Å²) < 4.78 is 24.1. The molecule has 0 amide bonds. The van der Waals surface area contributed by atoms with Gasteiger partial charge in [0.15, 0.2) is 0 Å². The normalized spacial score (nSPS) is 13.3. The molecular formula is C7H16ClNO2S. The molecule has 0 unspecified atom stereocenters. The molecule has 0 bridgehead atoms. The number of rotatable bonds is 4. The van der Waals surface area contributed by atoms with Gasteiger partial charge in [0.1, 0.15) is 5.21 Å². The van der Waals surface area contributed by atoms with E-state index < -0.39 is 10.0 Å². The van der Waals surface area contributed by atoms with E-state index in [9.17, 15) is 8.42 Å². The summed E-state index contributed by atoms with van der Waals surface area (Å²) in [5.41, 5.74) is 0.148. The Balaban J connectivity index is 3.73. The van der Waals surface area contributed by atoms with Crippen LogP contribution >= 0.6 is 11.6 Å². The Kier molecular flexibility index (Phi) is 4.51. The van der Waals surface area contributed by atoms with Gasteiger partial charge < -0.3 is 0 Å². The van der Waals surface area contributed by atoms with Crippen LogP contribution in [0.2, 0.25) is 0 Å². The van der Waals surface area contributed by atoms with Crippen LogP contribution in [0.5, 0.6) is 0 Å². The lowest BCUT2D eigenvalue weighted by Crippen LogP contribution is -2.27. The molecule has 0 saturated carbocycles. The lowest BCUT2D eigenvalue weighted by atomic mass is 9.93. The zero-order valence-electron chi connectivity index (χ0n) is 7.72. The summed E-state index contributed by atoms with van der Waals surface area (Å²) in [7, 11) is -3.23. The van der Waals surface area contributed by atoms with Gasteiger partial charge in [-0.1, -0.05) is 20.8 Å². The number of sulfonamides is 1. The number of hydrogen-bond donors (Lipinski definition) is 1. The first-order chi connectivity index (χ1) is 5.27. The molecule has 0 heterocycles. The van der Waals surface area contributed by atoms with E-state index in [0.717, 1.165) is 6.42 Å². The third kappa shape index (κ3) is 6.88. The molecule has 5 heteroatoms. The third-order valence-corrected chi connectivity index (χ3v) is 3.13. The summed E-state index contributed by atoms with van der Waals surface area (Å²) in [5, 5.41) is -0.364. The van der Waals surface area contributed by atoms with E-state index in [1.165, 1.54) is 0 Å². The zero-order chi connectivity index (χ0) is 9.83. The van der Waals surface area contributed by atoms with Crippen molar-refractivity contribution in [1.29, 1.82) is 0 Å². The highest BCUT2D eigenvalue weighted by Gasteiger charge is 2.12. The quantitative estimate of drug-likeness (QED) is 0.721. The summed E-state index contributed by atoms with van der Waals surface area (Å²) in [6.07, 6.45) is 0.809. The van der Waals surface area contributed by atoms with Crippen molar-refractivity contribution in [2.45, 2.75) is 27.2 Å². The largest absolute Gasteiger partial charge is 0.225 e. The molecule has 0 radical (unpaired) electrons. The number of alkyl halides is 1. The van der Waals surface area contributed by atoms with Gasteiger partial charge in [-0.2, -0.15) is 0 Å². The van der Waals surface area contributed by atoms with Crippen LogP contribution in [0, 0.1) is 5.41 Å². The smallest absolute Gasteiger partial charge is 0.214 e. The minimum Gasteiger partial charge on any atom is -0.214 e. The van der Waals surface area contributed by atoms with Crippen molar-refractivity contribution in [3.05, 3.63) is 0 Å². The molecule has 0 aliphatic rings. The van der Waals surface area contributed by atoms with E-state index in [1.54, 1.807) is 0 Å². The first kappa shape index (κ1) is 12.2. The van der Waals surface area contributed by atoms with Gasteiger partial charge in [0.2, 0.25) is 10.0 Å². The van der Waals surface area contributed by atoms with Gasteiger partial charge in [0.25, 0.3) is 0 Å². The first-order valence-corrected chi connectivity index (χ1v) is 5.99. The van der Waals surface area contributed by atoms with Crippen molar-refractivity contribution >= 4 is 21.6 Å². The van der Waals surface area contributed by atoms with Crippen molar-refractivity contribution in [2.75, 3.05) is 11.8 Å². The van der Waals surface area contributed by atoms with Crippen LogP contribution in [-0.2, 0) is 10.0 Å². The van der Waals surface area contributed by atoms with E-state index in [0.29, 0.717) is 6.54 Å². The fourth-order valence-electron chi connectivity index (χ4n) is 0.620. The van der Waals surface area contributed by atoms with Crippen molar-refractivity contribution < 1.29 is 8.42 Å². The van der Waals surface area contributed by atoms with Crippen molar-refractivity contribution in [3.8, 4) is 0 Å². The molecule has 74 valence electrons. The molecule has 3 nitrogen and oxygen atoms in total. The Labute approximate surface area is 79.5 Å². The average Bonchev–Trinajstić information content (AvgIpc) is 1.84. The van der Waals surface area contributed by atoms with E-state index in [-0.39, 0.29) is 10.6 Å². The van der Waals surface area contributed by atoms with E-state index in [2.05, 4.69) is 25.5 Å². The van der Waals surface area contributed by atoms with E-state index >= 15 is 0 Å². The molecule has 0 aliphatic carbocycles. The van der Waals surface area contributed by atoms with Crippen LogP contribution in [0.15, 0.2) is 0 Å². The fraction of sp³-hybridized carbons (Fsp3) is 1.00. The van der Waals surface area contributed by atoms with Gasteiger partial charge in [-0.15, -0.1) is 11.6 Å². The SMILES string of the molecule is CC(C)(C)CCNS(=O)(=O)CCl. The van der Waals surface area contributed by atoms with Crippen molar-refractivity contribution in [2.24, 2.45) is 5.41 Å². The topological polar surface area (TPSA) is 46.2 Å². The van der Waals surface area contributed by atoms with Crippen molar-refractivity contribution in [1.82, 2.24) is 4.72 Å². The van der Waals surface area contributed by atoms with Gasteiger partial charge >= 0.3 is 0 Å². The number of hydrogen-bond acceptors (Lipinski definition) is 2. The van der Waals surface area contributed by atoms with Crippen LogP contribution in [0.4, 0.5) is 0 Å². The Morgan fingerprint density at radius 3 is 2.17 bits per heavy atom. The summed E-state index contributed by atoms with van der Waals surface area (Å²) in [5.74, 6) is 0. The minimum atomic E-state index is -3.23. The summed E-state index contributed by atoms with van der Waals surface area (Å²) in [4.78, 5) is 0. The lowest BCUT2D eigenvalue weighted by Gasteiger charge is -2.17. The molecule has 0 spiro atoms. The Morgan fingerprint density at radius 2 is 1.83 bits per heavy atom. The van der Waals surface area contributed by atoms with Gasteiger partial charge in [0.05, 0.1) is 0 Å². The maximum absolute atomic E-state index is 10.8. The van der Waals surface area contributed by atoms with Crippen LogP contribution in [0.3, 0.4) is 0 Å². The second-order valence-electron chi connectivity index (χ2n) is 3.93. The van der Waals surface area contributed by atoms with E-state index in [1.807, 2.05) is 0 Å². The van der Waals surface area contributed by atoms with Crippen LogP contribution in [0.25, 0.3) is 0 Å².